The molecule has 0 aliphatic heterocycles. The molecular weight excluding hydrogens is 230 g/mol. The first-order chi connectivity index (χ1) is 7.43. The van der Waals surface area contributed by atoms with Crippen LogP contribution in [0.3, 0.4) is 0 Å². The maximum Gasteiger partial charge on any atom is 0.334 e. The molecule has 5 heteroatoms. The Morgan fingerprint density at radius 2 is 2.00 bits per heavy atom. The third-order valence-corrected chi connectivity index (χ3v) is 2.86. The molecule has 4 nitrogen and oxygen atoms in total. The molecule has 0 spiro atoms. The lowest BCUT2D eigenvalue weighted by Crippen LogP contribution is -2.47. The van der Waals surface area contributed by atoms with Crippen molar-refractivity contribution in [1.82, 2.24) is 0 Å². The Morgan fingerprint density at radius 1 is 1.44 bits per heavy atom. The van der Waals surface area contributed by atoms with E-state index in [9.17, 15) is 9.59 Å². The zero-order valence-electron chi connectivity index (χ0n) is 8.74. The van der Waals surface area contributed by atoms with E-state index >= 15 is 0 Å². The van der Waals surface area contributed by atoms with Crippen molar-refractivity contribution < 1.29 is 14.7 Å². The number of aliphatic carboxylic acids is 1. The van der Waals surface area contributed by atoms with Crippen molar-refractivity contribution in [2.75, 3.05) is 6.54 Å². The van der Waals surface area contributed by atoms with E-state index in [2.05, 4.69) is 0 Å². The van der Waals surface area contributed by atoms with Crippen LogP contribution >= 0.6 is 11.6 Å². The number of carboxylic acids is 1. The second kappa shape index (κ2) is 4.63. The number of carboxylic acid groups (broad SMARTS) is 1. The molecule has 1 aromatic carbocycles. The highest BCUT2D eigenvalue weighted by Gasteiger charge is 2.43. The van der Waals surface area contributed by atoms with Gasteiger partial charge in [0.2, 0.25) is 4.87 Å². The summed E-state index contributed by atoms with van der Waals surface area (Å²) in [6.45, 7) is 1.26. The van der Waals surface area contributed by atoms with E-state index in [1.165, 1.54) is 6.07 Å². The van der Waals surface area contributed by atoms with Crippen LogP contribution in [0.1, 0.15) is 15.9 Å². The summed E-state index contributed by atoms with van der Waals surface area (Å²) < 4.78 is 0. The number of carbonyl (C=O) groups is 2. The van der Waals surface area contributed by atoms with Crippen molar-refractivity contribution in [3.05, 3.63) is 35.4 Å². The molecule has 0 aliphatic carbocycles. The molecule has 3 N–H and O–H groups in total. The number of hydrogen-bond acceptors (Lipinski definition) is 3. The lowest BCUT2D eigenvalue weighted by Gasteiger charge is -2.19. The van der Waals surface area contributed by atoms with Crippen LogP contribution in [0.4, 0.5) is 0 Å². The zero-order valence-corrected chi connectivity index (χ0v) is 9.49. The molecule has 0 fully saturated rings. The van der Waals surface area contributed by atoms with Gasteiger partial charge in [-0.2, -0.15) is 0 Å². The van der Waals surface area contributed by atoms with Gasteiger partial charge in [-0.3, -0.25) is 4.79 Å². The Kier molecular flexibility index (Phi) is 3.67. The topological polar surface area (TPSA) is 80.4 Å². The first kappa shape index (κ1) is 12.7. The van der Waals surface area contributed by atoms with Crippen molar-refractivity contribution in [3.8, 4) is 0 Å². The zero-order chi connectivity index (χ0) is 12.3. The first-order valence-corrected chi connectivity index (χ1v) is 5.04. The fourth-order valence-electron chi connectivity index (χ4n) is 1.32. The van der Waals surface area contributed by atoms with Gasteiger partial charge in [-0.1, -0.05) is 35.9 Å². The molecule has 0 aromatic heterocycles. The summed E-state index contributed by atoms with van der Waals surface area (Å²) in [5, 5.41) is 8.92. The standard InChI is InChI=1S/C11H12ClNO3/c1-7-4-2-3-5-8(7)9(14)11(12,6-13)10(15)16/h2-5H,6,13H2,1H3,(H,15,16). The quantitative estimate of drug-likeness (QED) is 0.472. The summed E-state index contributed by atoms with van der Waals surface area (Å²) in [5.74, 6) is -2.10. The maximum atomic E-state index is 12.0. The van der Waals surface area contributed by atoms with Crippen LogP contribution in [0, 0.1) is 6.92 Å². The summed E-state index contributed by atoms with van der Waals surface area (Å²) in [6.07, 6.45) is 0. The van der Waals surface area contributed by atoms with E-state index in [1.54, 1.807) is 25.1 Å². The smallest absolute Gasteiger partial charge is 0.334 e. The number of carbonyl (C=O) groups excluding carboxylic acids is 1. The van der Waals surface area contributed by atoms with Gasteiger partial charge < -0.3 is 10.8 Å². The van der Waals surface area contributed by atoms with Gasteiger partial charge in [-0.15, -0.1) is 0 Å². The summed E-state index contributed by atoms with van der Waals surface area (Å²) in [4.78, 5) is 20.8. The number of aryl methyl sites for hydroxylation is 1. The number of ketones is 1. The largest absolute Gasteiger partial charge is 0.480 e. The molecule has 1 atom stereocenters. The van der Waals surface area contributed by atoms with Crippen molar-refractivity contribution >= 4 is 23.4 Å². The molecule has 0 heterocycles. The SMILES string of the molecule is Cc1ccccc1C(=O)C(Cl)(CN)C(=O)O. The Morgan fingerprint density at radius 3 is 2.44 bits per heavy atom. The molecule has 1 unspecified atom stereocenters. The number of halogens is 1. The molecule has 16 heavy (non-hydrogen) atoms. The van der Waals surface area contributed by atoms with Crippen molar-refractivity contribution in [2.24, 2.45) is 5.73 Å². The molecule has 0 bridgehead atoms. The second-order valence-corrected chi connectivity index (χ2v) is 4.10. The van der Waals surface area contributed by atoms with Crippen molar-refractivity contribution in [3.63, 3.8) is 0 Å². The molecule has 0 radical (unpaired) electrons. The minimum absolute atomic E-state index is 0.283. The summed E-state index contributed by atoms with van der Waals surface area (Å²) >= 11 is 5.74. The molecule has 1 rings (SSSR count). The van der Waals surface area contributed by atoms with E-state index in [0.717, 1.165) is 0 Å². The molecule has 0 saturated heterocycles. The Bertz CT molecular complexity index is 433. The van der Waals surface area contributed by atoms with Crippen LogP contribution in [-0.2, 0) is 4.79 Å². The van der Waals surface area contributed by atoms with Crippen LogP contribution < -0.4 is 5.73 Å². The van der Waals surface area contributed by atoms with Crippen molar-refractivity contribution in [2.45, 2.75) is 11.8 Å². The third kappa shape index (κ3) is 2.08. The van der Waals surface area contributed by atoms with E-state index in [-0.39, 0.29) is 5.56 Å². The summed E-state index contributed by atoms with van der Waals surface area (Å²) in [5.41, 5.74) is 6.22. The van der Waals surface area contributed by atoms with Gasteiger partial charge in [-0.05, 0) is 12.5 Å². The van der Waals surface area contributed by atoms with Crippen LogP contribution in [0.15, 0.2) is 24.3 Å². The van der Waals surface area contributed by atoms with Crippen LogP contribution in [0.5, 0.6) is 0 Å². The molecular formula is C11H12ClNO3. The first-order valence-electron chi connectivity index (χ1n) is 4.66. The number of Topliss-reactive ketones (excluding diaryl/α,β-unsaturated/α-hetero) is 1. The second-order valence-electron chi connectivity index (χ2n) is 3.45. The van der Waals surface area contributed by atoms with Gasteiger partial charge in [-0.25, -0.2) is 4.79 Å². The average molecular weight is 242 g/mol. The lowest BCUT2D eigenvalue weighted by atomic mass is 9.94. The number of benzene rings is 1. The highest BCUT2D eigenvalue weighted by atomic mass is 35.5. The Labute approximate surface area is 98.0 Å². The predicted octanol–water partition coefficient (Wildman–Crippen LogP) is 1.20. The van der Waals surface area contributed by atoms with Gasteiger partial charge in [0, 0.05) is 12.1 Å². The summed E-state index contributed by atoms with van der Waals surface area (Å²) in [7, 11) is 0. The fourth-order valence-corrected chi connectivity index (χ4v) is 1.42. The van der Waals surface area contributed by atoms with Gasteiger partial charge in [0.1, 0.15) is 0 Å². The maximum absolute atomic E-state index is 12.0. The number of alkyl halides is 1. The van der Waals surface area contributed by atoms with Crippen LogP contribution in [0.2, 0.25) is 0 Å². The van der Waals surface area contributed by atoms with Gasteiger partial charge in [0.05, 0.1) is 0 Å². The van der Waals surface area contributed by atoms with E-state index in [0.29, 0.717) is 5.56 Å². The molecule has 0 aliphatic rings. The minimum atomic E-state index is -2.08. The number of rotatable bonds is 4. The monoisotopic (exact) mass is 241 g/mol. The molecule has 0 saturated carbocycles. The number of nitrogens with two attached hydrogens (primary N) is 1. The van der Waals surface area contributed by atoms with E-state index < -0.39 is 23.2 Å². The average Bonchev–Trinajstić information content (AvgIpc) is 2.27. The van der Waals surface area contributed by atoms with Crippen molar-refractivity contribution in [1.29, 1.82) is 0 Å². The van der Waals surface area contributed by atoms with Crippen LogP contribution in [-0.4, -0.2) is 28.3 Å². The summed E-state index contributed by atoms with van der Waals surface area (Å²) in [6, 6.07) is 6.65. The Balaban J connectivity index is 3.21. The van der Waals surface area contributed by atoms with E-state index in [4.69, 9.17) is 22.4 Å². The predicted molar refractivity (Wildman–Crippen MR) is 60.8 cm³/mol. The molecule has 1 aromatic rings. The highest BCUT2D eigenvalue weighted by molar-refractivity contribution is 6.48. The van der Waals surface area contributed by atoms with E-state index in [1.807, 2.05) is 0 Å². The minimum Gasteiger partial charge on any atom is -0.480 e. The number of hydrogen-bond donors (Lipinski definition) is 2. The van der Waals surface area contributed by atoms with Gasteiger partial charge in [0.25, 0.3) is 0 Å². The molecule has 0 amide bonds. The fraction of sp³-hybridized carbons (Fsp3) is 0.273. The van der Waals surface area contributed by atoms with Gasteiger partial charge in [0.15, 0.2) is 5.78 Å². The lowest BCUT2D eigenvalue weighted by molar-refractivity contribution is -0.138. The normalized spacial score (nSPS) is 14.2. The van der Waals surface area contributed by atoms with Crippen LogP contribution in [0.25, 0.3) is 0 Å². The molecule has 86 valence electrons. The van der Waals surface area contributed by atoms with Gasteiger partial charge >= 0.3 is 5.97 Å². The Hall–Kier alpha value is -1.39. The highest BCUT2D eigenvalue weighted by Crippen LogP contribution is 2.22. The third-order valence-electron chi connectivity index (χ3n) is 2.37.